The van der Waals surface area contributed by atoms with Crippen molar-refractivity contribution in [2.24, 2.45) is 22.6 Å². The van der Waals surface area contributed by atoms with E-state index in [4.69, 9.17) is 10.7 Å². The predicted molar refractivity (Wildman–Crippen MR) is 121 cm³/mol. The van der Waals surface area contributed by atoms with E-state index >= 15 is 0 Å². The van der Waals surface area contributed by atoms with Crippen molar-refractivity contribution >= 4 is 28.5 Å². The Morgan fingerprint density at radius 3 is 2.63 bits per heavy atom. The number of pyridine rings is 1. The van der Waals surface area contributed by atoms with E-state index < -0.39 is 0 Å². The molecule has 6 nitrogen and oxygen atoms in total. The number of aryl methyl sites for hydroxylation is 1. The topological polar surface area (TPSA) is 83.6 Å². The summed E-state index contributed by atoms with van der Waals surface area (Å²) in [5.74, 6) is 2.64. The molecular formula is C24H31N5O. The Kier molecular flexibility index (Phi) is 4.97. The summed E-state index contributed by atoms with van der Waals surface area (Å²) < 4.78 is 0. The molecule has 3 aliphatic rings. The minimum absolute atomic E-state index is 0.271. The van der Waals surface area contributed by atoms with Gasteiger partial charge in [-0.3, -0.25) is 4.79 Å². The average Bonchev–Trinajstić information content (AvgIpc) is 2.70. The molecule has 2 aliphatic carbocycles. The highest BCUT2D eigenvalue weighted by atomic mass is 16.1. The van der Waals surface area contributed by atoms with Crippen LogP contribution in [0.2, 0.25) is 0 Å². The molecule has 1 aliphatic heterocycles. The Bertz CT molecular complexity index is 1000. The second kappa shape index (κ2) is 7.65. The fourth-order valence-corrected chi connectivity index (χ4v) is 5.38. The van der Waals surface area contributed by atoms with Crippen molar-refractivity contribution in [3.8, 4) is 0 Å². The summed E-state index contributed by atoms with van der Waals surface area (Å²) in [6, 6.07) is 9.38. The lowest BCUT2D eigenvalue weighted by Crippen LogP contribution is -2.59. The zero-order valence-corrected chi connectivity index (χ0v) is 17.9. The van der Waals surface area contributed by atoms with Gasteiger partial charge in [-0.15, -0.1) is 0 Å². The van der Waals surface area contributed by atoms with Crippen LogP contribution in [0, 0.1) is 18.8 Å². The van der Waals surface area contributed by atoms with Gasteiger partial charge in [0.1, 0.15) is 11.7 Å². The Morgan fingerprint density at radius 1 is 1.20 bits per heavy atom. The van der Waals surface area contributed by atoms with Gasteiger partial charge < -0.3 is 16.0 Å². The first-order valence-electron chi connectivity index (χ1n) is 11.3. The second-order valence-electron chi connectivity index (χ2n) is 9.39. The van der Waals surface area contributed by atoms with Crippen LogP contribution in [-0.2, 0) is 0 Å². The molecule has 1 amide bonds. The first-order valence-corrected chi connectivity index (χ1v) is 11.3. The fraction of sp³-hybridized carbons (Fsp3) is 0.542. The van der Waals surface area contributed by atoms with Gasteiger partial charge in [-0.1, -0.05) is 11.6 Å². The van der Waals surface area contributed by atoms with Crippen LogP contribution in [0.1, 0.15) is 54.9 Å². The maximum Gasteiger partial charge on any atom is 0.282 e. The molecule has 0 bridgehead atoms. The van der Waals surface area contributed by atoms with Crippen LogP contribution in [0.4, 0.5) is 5.82 Å². The molecule has 30 heavy (non-hydrogen) atoms. The summed E-state index contributed by atoms with van der Waals surface area (Å²) in [6.07, 6.45) is 6.37. The molecule has 6 heteroatoms. The summed E-state index contributed by atoms with van der Waals surface area (Å²) in [5.41, 5.74) is 8.29. The lowest BCUT2D eigenvalue weighted by Gasteiger charge is -2.54. The lowest BCUT2D eigenvalue weighted by molar-refractivity contribution is -0.00182. The summed E-state index contributed by atoms with van der Waals surface area (Å²) in [4.78, 5) is 24.0. The molecule has 2 heterocycles. The Morgan fingerprint density at radius 2 is 2.00 bits per heavy atom. The molecule has 0 spiro atoms. The summed E-state index contributed by atoms with van der Waals surface area (Å²) in [7, 11) is 0. The average molecular weight is 406 g/mol. The quantitative estimate of drug-likeness (QED) is 0.602. The number of carbonyl (C=O) groups excluding carboxylic acids is 1. The summed E-state index contributed by atoms with van der Waals surface area (Å²) >= 11 is 0. The molecule has 3 unspecified atom stereocenters. The Hall–Kier alpha value is -2.47. The van der Waals surface area contributed by atoms with E-state index in [9.17, 15) is 4.79 Å². The Balaban J connectivity index is 1.36. The number of aromatic nitrogens is 1. The van der Waals surface area contributed by atoms with E-state index in [1.54, 1.807) is 6.92 Å². The minimum atomic E-state index is -0.313. The number of carbonyl (C=O) groups is 1. The molecule has 2 saturated carbocycles. The largest absolute Gasteiger partial charge is 0.387 e. The number of piperidine rings is 1. The third-order valence-electron chi connectivity index (χ3n) is 7.25. The van der Waals surface area contributed by atoms with Gasteiger partial charge >= 0.3 is 0 Å². The molecule has 1 saturated heterocycles. The number of nitrogens with zero attached hydrogens (tertiary/aromatic N) is 3. The number of benzene rings is 1. The van der Waals surface area contributed by atoms with Gasteiger partial charge in [-0.25, -0.2) is 4.98 Å². The van der Waals surface area contributed by atoms with Crippen LogP contribution < -0.4 is 16.0 Å². The van der Waals surface area contributed by atoms with Gasteiger partial charge in [0.2, 0.25) is 0 Å². The number of nitrogens with two attached hydrogens (primary N) is 1. The lowest BCUT2D eigenvalue weighted by atomic mass is 9.56. The Labute approximate surface area is 177 Å². The highest BCUT2D eigenvalue weighted by Gasteiger charge is 2.47. The highest BCUT2D eigenvalue weighted by Crippen LogP contribution is 2.50. The van der Waals surface area contributed by atoms with Crippen LogP contribution in [0.3, 0.4) is 0 Å². The van der Waals surface area contributed by atoms with Crippen LogP contribution in [0.15, 0.2) is 29.3 Å². The normalized spacial score (nSPS) is 26.8. The van der Waals surface area contributed by atoms with E-state index in [1.807, 2.05) is 19.1 Å². The number of amides is 1. The van der Waals surface area contributed by atoms with Crippen molar-refractivity contribution in [1.29, 1.82) is 0 Å². The predicted octanol–water partition coefficient (Wildman–Crippen LogP) is 3.42. The first-order chi connectivity index (χ1) is 14.5. The van der Waals surface area contributed by atoms with Crippen molar-refractivity contribution < 1.29 is 4.79 Å². The molecule has 0 radical (unpaired) electrons. The summed E-state index contributed by atoms with van der Waals surface area (Å²) in [6.45, 7) is 5.48. The minimum Gasteiger partial charge on any atom is -0.387 e. The monoisotopic (exact) mass is 405 g/mol. The van der Waals surface area contributed by atoms with Gasteiger partial charge in [-0.2, -0.15) is 4.99 Å². The molecular weight excluding hydrogens is 374 g/mol. The van der Waals surface area contributed by atoms with Crippen molar-refractivity contribution in [1.82, 2.24) is 10.3 Å². The van der Waals surface area contributed by atoms with E-state index in [1.165, 1.54) is 19.3 Å². The van der Waals surface area contributed by atoms with Gasteiger partial charge in [-0.05, 0) is 76.0 Å². The number of aliphatic imine (C=N–C) groups is 1. The van der Waals surface area contributed by atoms with Gasteiger partial charge in [0.15, 0.2) is 0 Å². The second-order valence-corrected chi connectivity index (χ2v) is 9.39. The van der Waals surface area contributed by atoms with Gasteiger partial charge in [0.05, 0.1) is 11.1 Å². The number of anilines is 1. The van der Waals surface area contributed by atoms with E-state index in [0.717, 1.165) is 66.1 Å². The molecule has 158 valence electrons. The van der Waals surface area contributed by atoms with Crippen LogP contribution in [0.25, 0.3) is 10.9 Å². The molecule has 3 atom stereocenters. The van der Waals surface area contributed by atoms with Crippen molar-refractivity contribution in [3.63, 3.8) is 0 Å². The summed E-state index contributed by atoms with van der Waals surface area (Å²) in [5, 5.41) is 4.87. The first kappa shape index (κ1) is 19.5. The van der Waals surface area contributed by atoms with Crippen molar-refractivity contribution in [3.05, 3.63) is 35.4 Å². The standard InChI is InChI=1S/C24H31N5O/c1-14-3-6-21-17(11-14)12-20(24(30)26-15(2)25)23(28-21)29-9-7-18(8-10-29)27-22-13-16-4-5-19(16)22/h3,6,11-12,16,18-19,22,27H,4-5,7-10,13H2,1-2H3,(H2,25,26,30). The smallest absolute Gasteiger partial charge is 0.282 e. The SMILES string of the molecule is CC(N)=NC(=O)c1cc2cc(C)ccc2nc1N1CCC(NC2CC3CCC32)CC1. The van der Waals surface area contributed by atoms with Gasteiger partial charge in [0, 0.05) is 30.6 Å². The zero-order chi connectivity index (χ0) is 20.8. The molecule has 3 N–H and O–H groups in total. The van der Waals surface area contributed by atoms with Crippen LogP contribution in [-0.4, -0.2) is 41.9 Å². The molecule has 1 aromatic carbocycles. The number of fused-ring (bicyclic) bond motifs is 2. The maximum atomic E-state index is 12.8. The number of nitrogens with one attached hydrogen (secondary N) is 1. The zero-order valence-electron chi connectivity index (χ0n) is 17.9. The third-order valence-corrected chi connectivity index (χ3v) is 7.25. The number of amidine groups is 1. The van der Waals surface area contributed by atoms with Crippen molar-refractivity contribution in [2.75, 3.05) is 18.0 Å². The third kappa shape index (κ3) is 3.58. The number of rotatable bonds is 4. The van der Waals surface area contributed by atoms with Crippen LogP contribution >= 0.6 is 0 Å². The van der Waals surface area contributed by atoms with Crippen molar-refractivity contribution in [2.45, 2.75) is 58.0 Å². The fourth-order valence-electron chi connectivity index (χ4n) is 5.38. The van der Waals surface area contributed by atoms with Gasteiger partial charge in [0.25, 0.3) is 5.91 Å². The molecule has 5 rings (SSSR count). The molecule has 2 aromatic rings. The molecule has 1 aromatic heterocycles. The van der Waals surface area contributed by atoms with E-state index in [0.29, 0.717) is 11.6 Å². The van der Waals surface area contributed by atoms with Crippen LogP contribution in [0.5, 0.6) is 0 Å². The van der Waals surface area contributed by atoms with E-state index in [2.05, 4.69) is 27.3 Å². The number of hydrogen-bond acceptors (Lipinski definition) is 4. The highest BCUT2D eigenvalue weighted by molar-refractivity contribution is 6.07. The number of hydrogen-bond donors (Lipinski definition) is 2. The molecule has 3 fully saturated rings. The van der Waals surface area contributed by atoms with E-state index in [-0.39, 0.29) is 11.7 Å². The maximum absolute atomic E-state index is 12.8.